The SMILES string of the molecule is CN(C)C(=O)[C@H]1C[C@@H](S)CN1C(=O)OC(C)(C)C. The smallest absolute Gasteiger partial charge is 0.411 e. The molecule has 0 N–H and O–H groups in total. The number of thiol groups is 1. The third-order valence-corrected chi connectivity index (χ3v) is 3.01. The second-order valence-corrected chi connectivity index (χ2v) is 6.50. The molecule has 1 aliphatic rings. The van der Waals surface area contributed by atoms with Crippen LogP contribution in [0.25, 0.3) is 0 Å². The van der Waals surface area contributed by atoms with Gasteiger partial charge in [-0.05, 0) is 27.2 Å². The van der Waals surface area contributed by atoms with Gasteiger partial charge < -0.3 is 9.64 Å². The van der Waals surface area contributed by atoms with Crippen molar-refractivity contribution in [1.29, 1.82) is 0 Å². The highest BCUT2D eigenvalue weighted by Crippen LogP contribution is 2.25. The highest BCUT2D eigenvalue weighted by Gasteiger charge is 2.40. The lowest BCUT2D eigenvalue weighted by molar-refractivity contribution is -0.133. The van der Waals surface area contributed by atoms with Crippen LogP contribution in [-0.4, -0.2) is 59.3 Å². The molecule has 0 saturated carbocycles. The van der Waals surface area contributed by atoms with Gasteiger partial charge in [0.2, 0.25) is 5.91 Å². The molecule has 0 unspecified atom stereocenters. The predicted octanol–water partition coefficient (Wildman–Crippen LogP) is 1.38. The fourth-order valence-electron chi connectivity index (χ4n) is 1.87. The summed E-state index contributed by atoms with van der Waals surface area (Å²) in [7, 11) is 3.36. The van der Waals surface area contributed by atoms with Gasteiger partial charge in [0.15, 0.2) is 0 Å². The van der Waals surface area contributed by atoms with E-state index < -0.39 is 17.7 Å². The van der Waals surface area contributed by atoms with E-state index in [1.165, 1.54) is 9.80 Å². The molecule has 1 saturated heterocycles. The Morgan fingerprint density at radius 2 is 1.89 bits per heavy atom. The van der Waals surface area contributed by atoms with Crippen LogP contribution in [0.3, 0.4) is 0 Å². The molecule has 104 valence electrons. The largest absolute Gasteiger partial charge is 0.444 e. The first-order valence-corrected chi connectivity index (χ1v) is 6.52. The van der Waals surface area contributed by atoms with Gasteiger partial charge in [0.25, 0.3) is 0 Å². The van der Waals surface area contributed by atoms with Gasteiger partial charge in [-0.3, -0.25) is 9.69 Å². The molecule has 0 aromatic heterocycles. The van der Waals surface area contributed by atoms with E-state index >= 15 is 0 Å². The summed E-state index contributed by atoms with van der Waals surface area (Å²) in [4.78, 5) is 27.0. The number of carbonyl (C=O) groups excluding carboxylic acids is 2. The van der Waals surface area contributed by atoms with E-state index in [9.17, 15) is 9.59 Å². The molecule has 6 heteroatoms. The first-order chi connectivity index (χ1) is 8.11. The molecular formula is C12H22N2O3S. The van der Waals surface area contributed by atoms with Gasteiger partial charge in [-0.1, -0.05) is 0 Å². The van der Waals surface area contributed by atoms with E-state index in [2.05, 4.69) is 12.6 Å². The fraction of sp³-hybridized carbons (Fsp3) is 0.833. The van der Waals surface area contributed by atoms with E-state index in [4.69, 9.17) is 4.74 Å². The third kappa shape index (κ3) is 3.80. The van der Waals surface area contributed by atoms with Crippen LogP contribution in [-0.2, 0) is 9.53 Å². The number of likely N-dealkylation sites (N-methyl/N-ethyl adjacent to an activating group) is 1. The fourth-order valence-corrected chi connectivity index (χ4v) is 2.24. The van der Waals surface area contributed by atoms with Crippen molar-refractivity contribution in [2.45, 2.75) is 44.1 Å². The summed E-state index contributed by atoms with van der Waals surface area (Å²) in [5, 5.41) is 0.0198. The zero-order chi connectivity index (χ0) is 14.1. The van der Waals surface area contributed by atoms with E-state index in [0.29, 0.717) is 13.0 Å². The molecule has 0 aliphatic carbocycles. The second-order valence-electron chi connectivity index (χ2n) is 5.77. The number of amides is 2. The van der Waals surface area contributed by atoms with Crippen molar-refractivity contribution >= 4 is 24.6 Å². The minimum Gasteiger partial charge on any atom is -0.444 e. The summed E-state index contributed by atoms with van der Waals surface area (Å²) in [5.41, 5.74) is -0.558. The first-order valence-electron chi connectivity index (χ1n) is 6.00. The normalized spacial score (nSPS) is 24.0. The molecule has 1 heterocycles. The Hall–Kier alpha value is -0.910. The molecule has 0 radical (unpaired) electrons. The Kier molecular flexibility index (Phi) is 4.53. The summed E-state index contributed by atoms with van der Waals surface area (Å²) >= 11 is 4.36. The number of ether oxygens (including phenoxy) is 1. The van der Waals surface area contributed by atoms with Crippen LogP contribution in [0.5, 0.6) is 0 Å². The van der Waals surface area contributed by atoms with Gasteiger partial charge in [-0.2, -0.15) is 12.6 Å². The Balaban J connectivity index is 2.79. The van der Waals surface area contributed by atoms with Crippen molar-refractivity contribution in [2.24, 2.45) is 0 Å². The lowest BCUT2D eigenvalue weighted by Crippen LogP contribution is -2.47. The molecule has 1 rings (SSSR count). The average molecular weight is 274 g/mol. The van der Waals surface area contributed by atoms with Crippen molar-refractivity contribution in [1.82, 2.24) is 9.80 Å². The minimum atomic E-state index is -0.558. The highest BCUT2D eigenvalue weighted by atomic mass is 32.1. The molecule has 2 atom stereocenters. The van der Waals surface area contributed by atoms with E-state index in [1.807, 2.05) is 20.8 Å². The zero-order valence-electron chi connectivity index (χ0n) is 11.6. The highest BCUT2D eigenvalue weighted by molar-refractivity contribution is 7.81. The summed E-state index contributed by atoms with van der Waals surface area (Å²) in [5.74, 6) is -0.0857. The summed E-state index contributed by atoms with van der Waals surface area (Å²) in [6, 6.07) is -0.461. The van der Waals surface area contributed by atoms with E-state index in [-0.39, 0.29) is 11.2 Å². The number of rotatable bonds is 1. The van der Waals surface area contributed by atoms with Gasteiger partial charge in [0, 0.05) is 25.9 Å². The van der Waals surface area contributed by atoms with Gasteiger partial charge in [0.1, 0.15) is 11.6 Å². The maximum atomic E-state index is 12.0. The lowest BCUT2D eigenvalue weighted by Gasteiger charge is -2.29. The molecule has 0 bridgehead atoms. The van der Waals surface area contributed by atoms with Gasteiger partial charge in [-0.15, -0.1) is 0 Å². The maximum Gasteiger partial charge on any atom is 0.411 e. The minimum absolute atomic E-state index is 0.0198. The third-order valence-electron chi connectivity index (χ3n) is 2.63. The summed E-state index contributed by atoms with van der Waals surface area (Å²) < 4.78 is 5.31. The molecule has 1 aliphatic heterocycles. The standard InChI is InChI=1S/C12H22N2O3S/c1-12(2,3)17-11(16)14-7-8(18)6-9(14)10(15)13(4)5/h8-9,18H,6-7H2,1-5H3/t8-,9-/m1/s1. The number of likely N-dealkylation sites (tertiary alicyclic amines) is 1. The van der Waals surface area contributed by atoms with Crippen molar-refractivity contribution in [3.63, 3.8) is 0 Å². The topological polar surface area (TPSA) is 49.9 Å². The van der Waals surface area contributed by atoms with Crippen LogP contribution in [0, 0.1) is 0 Å². The summed E-state index contributed by atoms with van der Waals surface area (Å²) in [6.07, 6.45) is 0.124. The maximum absolute atomic E-state index is 12.0. The molecule has 0 spiro atoms. The first kappa shape index (κ1) is 15.1. The lowest BCUT2D eigenvalue weighted by atomic mass is 10.2. The Morgan fingerprint density at radius 3 is 2.33 bits per heavy atom. The number of carbonyl (C=O) groups is 2. The van der Waals surface area contributed by atoms with E-state index in [0.717, 1.165) is 0 Å². The number of hydrogen-bond acceptors (Lipinski definition) is 4. The van der Waals surface area contributed by atoms with Gasteiger partial charge >= 0.3 is 6.09 Å². The van der Waals surface area contributed by atoms with Crippen LogP contribution >= 0.6 is 12.6 Å². The molecule has 1 fully saturated rings. The van der Waals surface area contributed by atoms with Crippen LogP contribution in [0.15, 0.2) is 0 Å². The van der Waals surface area contributed by atoms with Crippen LogP contribution in [0.2, 0.25) is 0 Å². The number of nitrogens with zero attached hydrogens (tertiary/aromatic N) is 2. The molecule has 2 amide bonds. The quantitative estimate of drug-likeness (QED) is 0.735. The Labute approximate surface area is 114 Å². The number of hydrogen-bond donors (Lipinski definition) is 1. The molecule has 18 heavy (non-hydrogen) atoms. The van der Waals surface area contributed by atoms with Crippen molar-refractivity contribution in [3.8, 4) is 0 Å². The second kappa shape index (κ2) is 5.38. The summed E-state index contributed by atoms with van der Waals surface area (Å²) in [6.45, 7) is 5.87. The Bertz CT molecular complexity index is 339. The van der Waals surface area contributed by atoms with Crippen molar-refractivity contribution < 1.29 is 14.3 Å². The molecule has 5 nitrogen and oxygen atoms in total. The molecule has 0 aromatic carbocycles. The van der Waals surface area contributed by atoms with Gasteiger partial charge in [0.05, 0.1) is 0 Å². The predicted molar refractivity (Wildman–Crippen MR) is 72.8 cm³/mol. The monoisotopic (exact) mass is 274 g/mol. The van der Waals surface area contributed by atoms with Crippen LogP contribution in [0.1, 0.15) is 27.2 Å². The zero-order valence-corrected chi connectivity index (χ0v) is 12.5. The van der Waals surface area contributed by atoms with E-state index in [1.54, 1.807) is 14.1 Å². The van der Waals surface area contributed by atoms with Crippen molar-refractivity contribution in [2.75, 3.05) is 20.6 Å². The molecular weight excluding hydrogens is 252 g/mol. The van der Waals surface area contributed by atoms with Crippen molar-refractivity contribution in [3.05, 3.63) is 0 Å². The molecule has 0 aromatic rings. The Morgan fingerprint density at radius 1 is 1.33 bits per heavy atom. The average Bonchev–Trinajstić information content (AvgIpc) is 2.56. The van der Waals surface area contributed by atoms with Gasteiger partial charge in [-0.25, -0.2) is 4.79 Å². The van der Waals surface area contributed by atoms with Crippen LogP contribution < -0.4 is 0 Å². The van der Waals surface area contributed by atoms with Crippen LogP contribution in [0.4, 0.5) is 4.79 Å².